The van der Waals surface area contributed by atoms with Crippen LogP contribution in [0, 0.1) is 11.6 Å². The van der Waals surface area contributed by atoms with E-state index in [0.29, 0.717) is 19.1 Å². The minimum atomic E-state index is -0.468. The Balaban J connectivity index is 1.64. The Morgan fingerprint density at radius 2 is 1.90 bits per heavy atom. The third-order valence-electron chi connectivity index (χ3n) is 5.50. The fraction of sp³-hybridized carbons (Fsp3) is 0.435. The second-order valence-corrected chi connectivity index (χ2v) is 7.69. The van der Waals surface area contributed by atoms with Crippen LogP contribution in [0.15, 0.2) is 48.5 Å². The van der Waals surface area contributed by atoms with E-state index < -0.39 is 5.82 Å². The number of amides is 2. The molecule has 29 heavy (non-hydrogen) atoms. The second-order valence-electron chi connectivity index (χ2n) is 7.69. The fourth-order valence-corrected chi connectivity index (χ4v) is 3.77. The molecule has 0 saturated carbocycles. The molecule has 0 spiro atoms. The van der Waals surface area contributed by atoms with Crippen LogP contribution < -0.4 is 5.32 Å². The molecule has 0 aromatic heterocycles. The Morgan fingerprint density at radius 1 is 1.14 bits per heavy atom. The summed E-state index contributed by atoms with van der Waals surface area (Å²) < 4.78 is 27.2. The number of urea groups is 1. The highest BCUT2D eigenvalue weighted by Gasteiger charge is 2.20. The molecule has 1 heterocycles. The highest BCUT2D eigenvalue weighted by Crippen LogP contribution is 2.18. The Morgan fingerprint density at radius 3 is 2.62 bits per heavy atom. The predicted molar refractivity (Wildman–Crippen MR) is 112 cm³/mol. The maximum Gasteiger partial charge on any atom is 0.322 e. The zero-order valence-electron chi connectivity index (χ0n) is 16.9. The number of benzene rings is 2. The molecule has 1 N–H and O–H groups in total. The lowest BCUT2D eigenvalue weighted by Crippen LogP contribution is -2.40. The summed E-state index contributed by atoms with van der Waals surface area (Å²) in [4.78, 5) is 17.0. The fourth-order valence-electron chi connectivity index (χ4n) is 3.77. The maximum absolute atomic E-state index is 13.9. The van der Waals surface area contributed by atoms with Crippen LogP contribution in [0.5, 0.6) is 0 Å². The van der Waals surface area contributed by atoms with Crippen LogP contribution in [-0.2, 0) is 6.54 Å². The SMILES string of the molecule is CC1CCCCN1CCCN(Cc1ccc(F)cc1)C(=O)Nc1ccccc1F. The van der Waals surface area contributed by atoms with E-state index in [-0.39, 0.29) is 17.5 Å². The van der Waals surface area contributed by atoms with E-state index in [2.05, 4.69) is 17.1 Å². The Labute approximate surface area is 171 Å². The quantitative estimate of drug-likeness (QED) is 0.687. The number of likely N-dealkylation sites (tertiary alicyclic amines) is 1. The minimum absolute atomic E-state index is 0.159. The molecular weight excluding hydrogens is 372 g/mol. The van der Waals surface area contributed by atoms with Crippen molar-refractivity contribution < 1.29 is 13.6 Å². The molecule has 156 valence electrons. The van der Waals surface area contributed by atoms with Gasteiger partial charge in [0, 0.05) is 25.7 Å². The van der Waals surface area contributed by atoms with Crippen molar-refractivity contribution in [2.45, 2.75) is 45.2 Å². The molecule has 1 atom stereocenters. The van der Waals surface area contributed by atoms with Gasteiger partial charge in [-0.1, -0.05) is 30.7 Å². The maximum atomic E-state index is 13.9. The van der Waals surface area contributed by atoms with Crippen LogP contribution >= 0.6 is 0 Å². The van der Waals surface area contributed by atoms with Gasteiger partial charge < -0.3 is 15.1 Å². The number of carbonyl (C=O) groups excluding carboxylic acids is 1. The first kappa shape index (κ1) is 21.2. The number of para-hydroxylation sites is 1. The second kappa shape index (κ2) is 10.3. The first-order valence-electron chi connectivity index (χ1n) is 10.3. The van der Waals surface area contributed by atoms with Crippen LogP contribution in [0.4, 0.5) is 19.3 Å². The van der Waals surface area contributed by atoms with E-state index in [1.807, 2.05) is 0 Å². The van der Waals surface area contributed by atoms with E-state index in [0.717, 1.165) is 25.1 Å². The van der Waals surface area contributed by atoms with Gasteiger partial charge in [-0.2, -0.15) is 0 Å². The van der Waals surface area contributed by atoms with E-state index in [4.69, 9.17) is 0 Å². The molecule has 3 rings (SSSR count). The van der Waals surface area contributed by atoms with Crippen molar-refractivity contribution in [3.8, 4) is 0 Å². The summed E-state index contributed by atoms with van der Waals surface area (Å²) in [6, 6.07) is 12.5. The Hall–Kier alpha value is -2.47. The molecule has 6 heteroatoms. The number of anilines is 1. The average molecular weight is 402 g/mol. The van der Waals surface area contributed by atoms with E-state index in [9.17, 15) is 13.6 Å². The van der Waals surface area contributed by atoms with Gasteiger partial charge >= 0.3 is 6.03 Å². The molecule has 0 bridgehead atoms. The summed E-state index contributed by atoms with van der Waals surface area (Å²) in [7, 11) is 0. The van der Waals surface area contributed by atoms with Crippen LogP contribution in [0.1, 0.15) is 38.2 Å². The number of nitrogens with one attached hydrogen (secondary N) is 1. The predicted octanol–water partition coefficient (Wildman–Crippen LogP) is 5.26. The number of piperidine rings is 1. The van der Waals surface area contributed by atoms with Gasteiger partial charge in [0.1, 0.15) is 11.6 Å². The number of halogens is 2. The number of hydrogen-bond acceptors (Lipinski definition) is 2. The molecule has 1 aliphatic rings. The van der Waals surface area contributed by atoms with Crippen LogP contribution in [0.3, 0.4) is 0 Å². The van der Waals surface area contributed by atoms with Crippen LogP contribution in [0.2, 0.25) is 0 Å². The van der Waals surface area contributed by atoms with Gasteiger partial charge in [0.15, 0.2) is 0 Å². The van der Waals surface area contributed by atoms with Gasteiger partial charge in [-0.05, 0) is 62.6 Å². The minimum Gasteiger partial charge on any atom is -0.320 e. The van der Waals surface area contributed by atoms with Crippen molar-refractivity contribution in [1.82, 2.24) is 9.80 Å². The summed E-state index contributed by atoms with van der Waals surface area (Å²) in [5.74, 6) is -0.778. The van der Waals surface area contributed by atoms with Gasteiger partial charge in [-0.3, -0.25) is 0 Å². The summed E-state index contributed by atoms with van der Waals surface area (Å²) in [5.41, 5.74) is 0.993. The molecule has 1 unspecified atom stereocenters. The van der Waals surface area contributed by atoms with Crippen molar-refractivity contribution >= 4 is 11.7 Å². The summed E-state index contributed by atoms with van der Waals surface area (Å²) in [5, 5.41) is 2.66. The molecule has 2 amide bonds. The number of hydrogen-bond donors (Lipinski definition) is 1. The number of rotatable bonds is 7. The monoisotopic (exact) mass is 401 g/mol. The smallest absolute Gasteiger partial charge is 0.320 e. The Bertz CT molecular complexity index is 797. The summed E-state index contributed by atoms with van der Waals surface area (Å²) in [6.07, 6.45) is 4.54. The van der Waals surface area contributed by atoms with Crippen molar-refractivity contribution in [1.29, 1.82) is 0 Å². The van der Waals surface area contributed by atoms with Crippen molar-refractivity contribution in [3.63, 3.8) is 0 Å². The lowest BCUT2D eigenvalue weighted by Gasteiger charge is -2.34. The van der Waals surface area contributed by atoms with Gasteiger partial charge in [0.25, 0.3) is 0 Å². The molecule has 1 fully saturated rings. The van der Waals surface area contributed by atoms with Crippen molar-refractivity contribution in [2.24, 2.45) is 0 Å². The molecule has 4 nitrogen and oxygen atoms in total. The first-order valence-corrected chi connectivity index (χ1v) is 10.3. The van der Waals surface area contributed by atoms with E-state index in [1.54, 1.807) is 35.2 Å². The first-order chi connectivity index (χ1) is 14.0. The third kappa shape index (κ3) is 6.26. The number of nitrogens with zero attached hydrogens (tertiary/aromatic N) is 2. The number of carbonyl (C=O) groups is 1. The molecule has 1 saturated heterocycles. The third-order valence-corrected chi connectivity index (χ3v) is 5.50. The molecular formula is C23H29F2N3O. The van der Waals surface area contributed by atoms with E-state index in [1.165, 1.54) is 37.5 Å². The van der Waals surface area contributed by atoms with Crippen molar-refractivity contribution in [2.75, 3.05) is 25.0 Å². The topological polar surface area (TPSA) is 35.6 Å². The van der Waals surface area contributed by atoms with Gasteiger partial charge in [-0.15, -0.1) is 0 Å². The normalized spacial score (nSPS) is 17.1. The lowest BCUT2D eigenvalue weighted by atomic mass is 10.0. The molecule has 0 radical (unpaired) electrons. The van der Waals surface area contributed by atoms with Gasteiger partial charge in [-0.25, -0.2) is 13.6 Å². The zero-order chi connectivity index (χ0) is 20.6. The molecule has 1 aliphatic heterocycles. The van der Waals surface area contributed by atoms with Crippen LogP contribution in [0.25, 0.3) is 0 Å². The van der Waals surface area contributed by atoms with E-state index >= 15 is 0 Å². The van der Waals surface area contributed by atoms with Gasteiger partial charge in [0.05, 0.1) is 5.69 Å². The van der Waals surface area contributed by atoms with Crippen LogP contribution in [-0.4, -0.2) is 41.5 Å². The molecule has 0 aliphatic carbocycles. The highest BCUT2D eigenvalue weighted by atomic mass is 19.1. The largest absolute Gasteiger partial charge is 0.322 e. The van der Waals surface area contributed by atoms with Crippen molar-refractivity contribution in [3.05, 3.63) is 65.7 Å². The zero-order valence-corrected chi connectivity index (χ0v) is 16.9. The molecule has 2 aromatic carbocycles. The Kier molecular flexibility index (Phi) is 7.58. The summed E-state index contributed by atoms with van der Waals surface area (Å²) in [6.45, 7) is 5.16. The highest BCUT2D eigenvalue weighted by molar-refractivity contribution is 5.89. The van der Waals surface area contributed by atoms with Gasteiger partial charge in [0.2, 0.25) is 0 Å². The lowest BCUT2D eigenvalue weighted by molar-refractivity contribution is 0.150. The standard InChI is InChI=1S/C23H29F2N3O/c1-18-7-4-5-14-27(18)15-6-16-28(17-19-10-12-20(24)13-11-19)23(29)26-22-9-3-2-8-21(22)25/h2-3,8-13,18H,4-7,14-17H2,1H3,(H,26,29). The molecule has 2 aromatic rings. The average Bonchev–Trinajstić information content (AvgIpc) is 2.72. The summed E-state index contributed by atoms with van der Waals surface area (Å²) >= 11 is 0.